The topological polar surface area (TPSA) is 75.3 Å². The maximum atomic E-state index is 5.20. The number of hydrogen-bond donors (Lipinski definition) is 2. The summed E-state index contributed by atoms with van der Waals surface area (Å²) in [4.78, 5) is 8.55. The van der Waals surface area contributed by atoms with Crippen LogP contribution in [0.4, 0.5) is 0 Å². The van der Waals surface area contributed by atoms with Gasteiger partial charge in [0.2, 0.25) is 5.89 Å². The fraction of sp³-hybridized carbons (Fsp3) is 0.800. The second kappa shape index (κ2) is 9.37. The highest BCUT2D eigenvalue weighted by molar-refractivity contribution is 5.79. The van der Waals surface area contributed by atoms with Gasteiger partial charge in [0, 0.05) is 32.5 Å². The van der Waals surface area contributed by atoms with E-state index in [1.54, 1.807) is 7.05 Å². The molecule has 0 aliphatic heterocycles. The van der Waals surface area contributed by atoms with E-state index in [2.05, 4.69) is 53.5 Å². The Hall–Kier alpha value is -1.59. The van der Waals surface area contributed by atoms with Crippen LogP contribution in [0.25, 0.3) is 0 Å². The highest BCUT2D eigenvalue weighted by Gasteiger charge is 2.09. The molecule has 0 aromatic carbocycles. The largest absolute Gasteiger partial charge is 0.356 e. The highest BCUT2D eigenvalue weighted by Crippen LogP contribution is 2.09. The van der Waals surface area contributed by atoms with Gasteiger partial charge in [-0.05, 0) is 18.8 Å². The summed E-state index contributed by atoms with van der Waals surface area (Å²) in [6, 6.07) is 0. The second-order valence-electron chi connectivity index (χ2n) is 5.91. The molecule has 0 aliphatic carbocycles. The lowest BCUT2D eigenvalue weighted by molar-refractivity contribution is 0.371. The highest BCUT2D eigenvalue weighted by atomic mass is 16.5. The molecule has 0 saturated heterocycles. The van der Waals surface area contributed by atoms with Gasteiger partial charge in [-0.1, -0.05) is 32.9 Å². The summed E-state index contributed by atoms with van der Waals surface area (Å²) in [5, 5.41) is 10.5. The molecule has 21 heavy (non-hydrogen) atoms. The molecule has 0 spiro atoms. The number of hydrogen-bond acceptors (Lipinski definition) is 4. The predicted octanol–water partition coefficient (Wildman–Crippen LogP) is 2.34. The molecule has 0 aliphatic rings. The SMILES string of the molecule is CN=C(NCCCC(C)C)NCCc1nc(C(C)C)no1. The van der Waals surface area contributed by atoms with Crippen molar-refractivity contribution in [2.75, 3.05) is 20.1 Å². The van der Waals surface area contributed by atoms with Crippen LogP contribution in [0.2, 0.25) is 0 Å². The number of aromatic nitrogens is 2. The van der Waals surface area contributed by atoms with Crippen LogP contribution in [0.5, 0.6) is 0 Å². The minimum Gasteiger partial charge on any atom is -0.356 e. The van der Waals surface area contributed by atoms with E-state index in [0.29, 0.717) is 18.2 Å². The minimum absolute atomic E-state index is 0.297. The van der Waals surface area contributed by atoms with E-state index in [4.69, 9.17) is 4.52 Å². The maximum absolute atomic E-state index is 5.20. The third kappa shape index (κ3) is 7.11. The van der Waals surface area contributed by atoms with Gasteiger partial charge in [-0.2, -0.15) is 4.98 Å². The average Bonchev–Trinajstić information content (AvgIpc) is 2.90. The predicted molar refractivity (Wildman–Crippen MR) is 85.5 cm³/mol. The number of guanidine groups is 1. The molecule has 0 fully saturated rings. The Labute approximate surface area is 127 Å². The zero-order valence-electron chi connectivity index (χ0n) is 13.9. The number of rotatable bonds is 8. The molecule has 1 heterocycles. The Balaban J connectivity index is 2.22. The molecule has 0 amide bonds. The molecular weight excluding hydrogens is 266 g/mol. The van der Waals surface area contributed by atoms with Gasteiger partial charge in [-0.25, -0.2) is 0 Å². The number of nitrogens with zero attached hydrogens (tertiary/aromatic N) is 3. The molecule has 0 atom stereocenters. The normalized spacial score (nSPS) is 12.2. The summed E-state index contributed by atoms with van der Waals surface area (Å²) in [6.45, 7) is 10.2. The first-order valence-corrected chi connectivity index (χ1v) is 7.80. The second-order valence-corrected chi connectivity index (χ2v) is 5.91. The smallest absolute Gasteiger partial charge is 0.228 e. The fourth-order valence-electron chi connectivity index (χ4n) is 1.83. The van der Waals surface area contributed by atoms with E-state index >= 15 is 0 Å². The molecule has 1 aromatic rings. The Kier molecular flexibility index (Phi) is 7.79. The van der Waals surface area contributed by atoms with Gasteiger partial charge in [0.1, 0.15) is 0 Å². The summed E-state index contributed by atoms with van der Waals surface area (Å²) in [7, 11) is 1.78. The summed E-state index contributed by atoms with van der Waals surface area (Å²) < 4.78 is 5.20. The van der Waals surface area contributed by atoms with Crippen molar-refractivity contribution in [2.45, 2.75) is 52.9 Å². The quantitative estimate of drug-likeness (QED) is 0.437. The molecule has 6 nitrogen and oxygen atoms in total. The van der Waals surface area contributed by atoms with Crippen molar-refractivity contribution < 1.29 is 4.52 Å². The number of aliphatic imine (C=N–C) groups is 1. The lowest BCUT2D eigenvalue weighted by Crippen LogP contribution is -2.38. The fourth-order valence-corrected chi connectivity index (χ4v) is 1.83. The molecule has 1 rings (SSSR count). The van der Waals surface area contributed by atoms with Crippen LogP contribution in [0, 0.1) is 5.92 Å². The van der Waals surface area contributed by atoms with Gasteiger partial charge in [-0.3, -0.25) is 4.99 Å². The van der Waals surface area contributed by atoms with Crippen LogP contribution in [-0.2, 0) is 6.42 Å². The Morgan fingerprint density at radius 2 is 1.90 bits per heavy atom. The van der Waals surface area contributed by atoms with Crippen molar-refractivity contribution >= 4 is 5.96 Å². The molecule has 120 valence electrons. The van der Waals surface area contributed by atoms with Crippen LogP contribution in [-0.4, -0.2) is 36.2 Å². The lowest BCUT2D eigenvalue weighted by Gasteiger charge is -2.11. The molecule has 0 saturated carbocycles. The van der Waals surface area contributed by atoms with Crippen molar-refractivity contribution in [3.8, 4) is 0 Å². The monoisotopic (exact) mass is 295 g/mol. The molecular formula is C15H29N5O. The Morgan fingerprint density at radius 3 is 2.48 bits per heavy atom. The standard InChI is InChI=1S/C15H29N5O/c1-11(2)7-6-9-17-15(16-5)18-10-8-13-19-14(12(3)4)20-21-13/h11-12H,6-10H2,1-5H3,(H2,16,17,18). The van der Waals surface area contributed by atoms with E-state index in [0.717, 1.165) is 37.2 Å². The molecule has 1 aromatic heterocycles. The van der Waals surface area contributed by atoms with E-state index in [1.165, 1.54) is 6.42 Å². The first kappa shape index (κ1) is 17.5. The van der Waals surface area contributed by atoms with E-state index in [1.807, 2.05) is 0 Å². The van der Waals surface area contributed by atoms with Crippen molar-refractivity contribution in [1.82, 2.24) is 20.8 Å². The number of nitrogens with one attached hydrogen (secondary N) is 2. The molecule has 6 heteroatoms. The molecule has 0 radical (unpaired) electrons. The third-order valence-corrected chi connectivity index (χ3v) is 3.11. The van der Waals surface area contributed by atoms with E-state index in [9.17, 15) is 0 Å². The van der Waals surface area contributed by atoms with Gasteiger partial charge in [0.15, 0.2) is 11.8 Å². The third-order valence-electron chi connectivity index (χ3n) is 3.11. The first-order chi connectivity index (χ1) is 10.0. The summed E-state index contributed by atoms with van der Waals surface area (Å²) in [5.41, 5.74) is 0. The van der Waals surface area contributed by atoms with Gasteiger partial charge >= 0.3 is 0 Å². The van der Waals surface area contributed by atoms with Crippen LogP contribution in [0.3, 0.4) is 0 Å². The zero-order chi connectivity index (χ0) is 15.7. The summed E-state index contributed by atoms with van der Waals surface area (Å²) >= 11 is 0. The van der Waals surface area contributed by atoms with Crippen molar-refractivity contribution in [2.24, 2.45) is 10.9 Å². The van der Waals surface area contributed by atoms with Gasteiger partial charge in [0.25, 0.3) is 0 Å². The molecule has 0 unspecified atom stereocenters. The van der Waals surface area contributed by atoms with Crippen molar-refractivity contribution in [3.63, 3.8) is 0 Å². The van der Waals surface area contributed by atoms with Gasteiger partial charge in [-0.15, -0.1) is 0 Å². The summed E-state index contributed by atoms with van der Waals surface area (Å²) in [5.74, 6) is 3.30. The van der Waals surface area contributed by atoms with E-state index in [-0.39, 0.29) is 0 Å². The van der Waals surface area contributed by atoms with Crippen LogP contribution in [0.15, 0.2) is 9.52 Å². The average molecular weight is 295 g/mol. The van der Waals surface area contributed by atoms with Gasteiger partial charge in [0.05, 0.1) is 0 Å². The van der Waals surface area contributed by atoms with Crippen molar-refractivity contribution in [3.05, 3.63) is 11.7 Å². The van der Waals surface area contributed by atoms with Crippen molar-refractivity contribution in [1.29, 1.82) is 0 Å². The van der Waals surface area contributed by atoms with Crippen LogP contribution < -0.4 is 10.6 Å². The Morgan fingerprint density at radius 1 is 1.19 bits per heavy atom. The van der Waals surface area contributed by atoms with Crippen LogP contribution >= 0.6 is 0 Å². The maximum Gasteiger partial charge on any atom is 0.228 e. The summed E-state index contributed by atoms with van der Waals surface area (Å²) in [6.07, 6.45) is 3.08. The molecule has 2 N–H and O–H groups in total. The minimum atomic E-state index is 0.297. The molecule has 0 bridgehead atoms. The van der Waals surface area contributed by atoms with Gasteiger partial charge < -0.3 is 15.2 Å². The lowest BCUT2D eigenvalue weighted by atomic mass is 10.1. The van der Waals surface area contributed by atoms with E-state index < -0.39 is 0 Å². The Bertz CT molecular complexity index is 425. The first-order valence-electron chi connectivity index (χ1n) is 7.80. The van der Waals surface area contributed by atoms with Crippen LogP contribution in [0.1, 0.15) is 58.2 Å². The zero-order valence-corrected chi connectivity index (χ0v) is 13.9.